The molecule has 0 atom stereocenters. The molecular formula is C28H21ClN2O6. The summed E-state index contributed by atoms with van der Waals surface area (Å²) in [5, 5.41) is 2.77. The Hall–Kier alpha value is -4.69. The first kappa shape index (κ1) is 25.4. The van der Waals surface area contributed by atoms with Crippen LogP contribution in [0.25, 0.3) is 12.2 Å². The first-order valence-electron chi connectivity index (χ1n) is 11.1. The summed E-state index contributed by atoms with van der Waals surface area (Å²) in [7, 11) is 1.39. The zero-order chi connectivity index (χ0) is 26.5. The van der Waals surface area contributed by atoms with Crippen LogP contribution in [0.2, 0.25) is 5.02 Å². The molecular weight excluding hydrogens is 496 g/mol. The van der Waals surface area contributed by atoms with Crippen LogP contribution < -0.4 is 19.7 Å². The highest BCUT2D eigenvalue weighted by atomic mass is 35.5. The minimum atomic E-state index is -0.831. The van der Waals surface area contributed by atoms with E-state index in [-0.39, 0.29) is 17.1 Å². The number of hydrogen-bond donors (Lipinski definition) is 1. The molecule has 3 aromatic carbocycles. The number of nitrogens with zero attached hydrogens (tertiary/aromatic N) is 1. The lowest BCUT2D eigenvalue weighted by Gasteiger charge is -2.26. The van der Waals surface area contributed by atoms with Crippen LogP contribution in [0, 0.1) is 6.92 Å². The van der Waals surface area contributed by atoms with Gasteiger partial charge in [-0.15, -0.1) is 0 Å². The molecule has 8 nitrogen and oxygen atoms in total. The third kappa shape index (κ3) is 5.94. The number of aryl methyl sites for hydroxylation is 1. The topological polar surface area (TPSA) is 102 Å². The molecule has 0 aliphatic carbocycles. The van der Waals surface area contributed by atoms with Gasteiger partial charge in [0.2, 0.25) is 0 Å². The van der Waals surface area contributed by atoms with Crippen LogP contribution in [0.3, 0.4) is 0 Å². The molecule has 4 amide bonds. The van der Waals surface area contributed by atoms with Crippen molar-refractivity contribution in [1.29, 1.82) is 0 Å². The van der Waals surface area contributed by atoms with Crippen LogP contribution in [-0.2, 0) is 14.4 Å². The molecule has 4 rings (SSSR count). The number of benzene rings is 3. The van der Waals surface area contributed by atoms with Gasteiger partial charge in [0, 0.05) is 11.1 Å². The fourth-order valence-electron chi connectivity index (χ4n) is 3.49. The molecule has 9 heteroatoms. The molecule has 0 unspecified atom stereocenters. The lowest BCUT2D eigenvalue weighted by atomic mass is 10.1. The number of imide groups is 2. The van der Waals surface area contributed by atoms with Crippen molar-refractivity contribution in [3.8, 4) is 11.5 Å². The van der Waals surface area contributed by atoms with E-state index in [4.69, 9.17) is 21.1 Å². The van der Waals surface area contributed by atoms with Crippen LogP contribution >= 0.6 is 11.6 Å². The van der Waals surface area contributed by atoms with Crippen molar-refractivity contribution >= 4 is 53.3 Å². The van der Waals surface area contributed by atoms with Gasteiger partial charge in [0.1, 0.15) is 5.57 Å². The van der Waals surface area contributed by atoms with Crippen LogP contribution in [-0.4, -0.2) is 30.9 Å². The Bertz CT molecular complexity index is 1440. The Morgan fingerprint density at radius 1 is 0.919 bits per heavy atom. The van der Waals surface area contributed by atoms with Crippen LogP contribution in [0.15, 0.2) is 78.4 Å². The molecule has 186 valence electrons. The third-order valence-electron chi connectivity index (χ3n) is 5.38. The minimum absolute atomic E-state index is 0.145. The summed E-state index contributed by atoms with van der Waals surface area (Å²) in [6.07, 6.45) is 4.18. The molecule has 0 aromatic heterocycles. The molecule has 37 heavy (non-hydrogen) atoms. The van der Waals surface area contributed by atoms with Crippen LogP contribution in [0.4, 0.5) is 10.5 Å². The van der Waals surface area contributed by atoms with Crippen molar-refractivity contribution in [2.24, 2.45) is 0 Å². The molecule has 3 aromatic rings. The number of carbonyl (C=O) groups is 4. The summed E-state index contributed by atoms with van der Waals surface area (Å²) < 4.78 is 10.7. The SMILES string of the molecule is COc1cc(/C=C2\C(=O)NC(=O)N(c3ccc(C)cc3)C2=O)ccc1OC(=O)/C=C/c1ccc(Cl)cc1. The molecule has 1 heterocycles. The fourth-order valence-corrected chi connectivity index (χ4v) is 3.62. The normalized spacial score (nSPS) is 14.7. The largest absolute Gasteiger partial charge is 0.493 e. The zero-order valence-corrected chi connectivity index (χ0v) is 20.6. The Morgan fingerprint density at radius 3 is 2.27 bits per heavy atom. The van der Waals surface area contributed by atoms with Gasteiger partial charge in [-0.25, -0.2) is 14.5 Å². The second-order valence-electron chi connectivity index (χ2n) is 8.01. The molecule has 0 spiro atoms. The lowest BCUT2D eigenvalue weighted by Crippen LogP contribution is -2.54. The summed E-state index contributed by atoms with van der Waals surface area (Å²) in [5.74, 6) is -1.86. The van der Waals surface area contributed by atoms with E-state index in [1.807, 2.05) is 6.92 Å². The summed E-state index contributed by atoms with van der Waals surface area (Å²) >= 11 is 5.86. The smallest absolute Gasteiger partial charge is 0.336 e. The highest BCUT2D eigenvalue weighted by Gasteiger charge is 2.36. The molecule has 1 saturated heterocycles. The van der Waals surface area contributed by atoms with Gasteiger partial charge in [0.25, 0.3) is 11.8 Å². The number of methoxy groups -OCH3 is 1. The van der Waals surface area contributed by atoms with E-state index >= 15 is 0 Å². The Balaban J connectivity index is 1.55. The molecule has 1 aliphatic rings. The molecule has 1 N–H and O–H groups in total. The predicted molar refractivity (Wildman–Crippen MR) is 139 cm³/mol. The first-order chi connectivity index (χ1) is 17.7. The number of barbiturate groups is 1. The van der Waals surface area contributed by atoms with Gasteiger partial charge in [-0.1, -0.05) is 47.5 Å². The fraction of sp³-hybridized carbons (Fsp3) is 0.0714. The number of nitrogens with one attached hydrogen (secondary N) is 1. The van der Waals surface area contributed by atoms with Crippen molar-refractivity contribution in [2.45, 2.75) is 6.92 Å². The van der Waals surface area contributed by atoms with Crippen molar-refractivity contribution in [1.82, 2.24) is 5.32 Å². The third-order valence-corrected chi connectivity index (χ3v) is 5.64. The molecule has 0 bridgehead atoms. The average Bonchev–Trinajstić information content (AvgIpc) is 2.88. The van der Waals surface area contributed by atoms with E-state index in [9.17, 15) is 19.2 Å². The molecule has 0 saturated carbocycles. The maximum atomic E-state index is 13.1. The Kier molecular flexibility index (Phi) is 7.50. The summed E-state index contributed by atoms with van der Waals surface area (Å²) in [6.45, 7) is 1.88. The van der Waals surface area contributed by atoms with Gasteiger partial charge in [-0.05, 0) is 66.6 Å². The van der Waals surface area contributed by atoms with Gasteiger partial charge >= 0.3 is 12.0 Å². The highest BCUT2D eigenvalue weighted by molar-refractivity contribution is 6.39. The second kappa shape index (κ2) is 10.9. The van der Waals surface area contributed by atoms with E-state index < -0.39 is 23.8 Å². The van der Waals surface area contributed by atoms with E-state index in [2.05, 4.69) is 5.32 Å². The maximum Gasteiger partial charge on any atom is 0.336 e. The van der Waals surface area contributed by atoms with Crippen molar-refractivity contribution < 1.29 is 28.7 Å². The Labute approximate surface area is 217 Å². The number of halogens is 1. The quantitative estimate of drug-likeness (QED) is 0.215. The minimum Gasteiger partial charge on any atom is -0.493 e. The van der Waals surface area contributed by atoms with Crippen LogP contribution in [0.1, 0.15) is 16.7 Å². The molecule has 0 radical (unpaired) electrons. The monoisotopic (exact) mass is 516 g/mol. The van der Waals surface area contributed by atoms with E-state index in [0.717, 1.165) is 16.0 Å². The van der Waals surface area contributed by atoms with Crippen molar-refractivity contribution in [3.63, 3.8) is 0 Å². The highest BCUT2D eigenvalue weighted by Crippen LogP contribution is 2.30. The van der Waals surface area contributed by atoms with Gasteiger partial charge < -0.3 is 9.47 Å². The number of urea groups is 1. The number of esters is 1. The van der Waals surface area contributed by atoms with Gasteiger partial charge in [0.05, 0.1) is 12.8 Å². The predicted octanol–water partition coefficient (Wildman–Crippen LogP) is 4.94. The van der Waals surface area contributed by atoms with Crippen LogP contribution in [0.5, 0.6) is 11.5 Å². The number of ether oxygens (including phenoxy) is 2. The molecule has 1 aliphatic heterocycles. The maximum absolute atomic E-state index is 13.1. The average molecular weight is 517 g/mol. The van der Waals surface area contributed by atoms with E-state index in [1.165, 1.54) is 31.4 Å². The lowest BCUT2D eigenvalue weighted by molar-refractivity contribution is -0.129. The van der Waals surface area contributed by atoms with Crippen molar-refractivity contribution in [3.05, 3.63) is 100 Å². The zero-order valence-electron chi connectivity index (χ0n) is 19.9. The van der Waals surface area contributed by atoms with E-state index in [1.54, 1.807) is 60.7 Å². The van der Waals surface area contributed by atoms with Gasteiger partial charge in [-0.3, -0.25) is 14.9 Å². The first-order valence-corrected chi connectivity index (χ1v) is 11.4. The Morgan fingerprint density at radius 2 is 1.59 bits per heavy atom. The second-order valence-corrected chi connectivity index (χ2v) is 8.45. The van der Waals surface area contributed by atoms with Crippen molar-refractivity contribution in [2.75, 3.05) is 12.0 Å². The number of rotatable bonds is 6. The molecule has 1 fully saturated rings. The number of amides is 4. The summed E-state index contributed by atoms with van der Waals surface area (Å²) in [6, 6.07) is 17.4. The summed E-state index contributed by atoms with van der Waals surface area (Å²) in [5.41, 5.74) is 2.23. The number of hydrogen-bond acceptors (Lipinski definition) is 6. The summed E-state index contributed by atoms with van der Waals surface area (Å²) in [4.78, 5) is 51.1. The number of carbonyl (C=O) groups excluding carboxylic acids is 4. The van der Waals surface area contributed by atoms with Gasteiger partial charge in [0.15, 0.2) is 11.5 Å². The standard InChI is InChI=1S/C28H21ClN2O6/c1-17-3-11-21(12-4-17)31-27(34)22(26(33)30-28(31)35)15-19-7-13-23(24(16-19)36-2)37-25(32)14-8-18-5-9-20(29)10-6-18/h3-16H,1-2H3,(H,30,33,35)/b14-8+,22-15+. The number of anilines is 1. The van der Waals surface area contributed by atoms with E-state index in [0.29, 0.717) is 16.3 Å². The van der Waals surface area contributed by atoms with Gasteiger partial charge in [-0.2, -0.15) is 0 Å².